The van der Waals surface area contributed by atoms with E-state index in [0.717, 1.165) is 6.42 Å². The highest BCUT2D eigenvalue weighted by atomic mass is 16.1. The van der Waals surface area contributed by atoms with Crippen LogP contribution in [-0.2, 0) is 4.79 Å². The summed E-state index contributed by atoms with van der Waals surface area (Å²) in [4.78, 5) is 9.80. The molecule has 0 saturated heterocycles. The summed E-state index contributed by atoms with van der Waals surface area (Å²) in [5.74, 6) is 1.78. The van der Waals surface area contributed by atoms with Crippen LogP contribution in [0.1, 0.15) is 27.2 Å². The maximum Gasteiger partial charge on any atom is 0.120 e. The van der Waals surface area contributed by atoms with E-state index in [1.165, 1.54) is 0 Å². The molecule has 0 aliphatic rings. The topological polar surface area (TPSA) is 17.1 Å². The maximum absolute atomic E-state index is 9.80. The van der Waals surface area contributed by atoms with Gasteiger partial charge in [0.1, 0.15) is 5.94 Å². The van der Waals surface area contributed by atoms with Gasteiger partial charge in [-0.25, -0.2) is 4.79 Å². The molecule has 0 unspecified atom stereocenters. The fourth-order valence-corrected chi connectivity index (χ4v) is 0.262. The largest absolute Gasteiger partial charge is 0.234 e. The molecule has 1 heteroatoms. The van der Waals surface area contributed by atoms with Gasteiger partial charge in [0.25, 0.3) is 0 Å². The van der Waals surface area contributed by atoms with Crippen molar-refractivity contribution in [2.75, 3.05) is 0 Å². The smallest absolute Gasteiger partial charge is 0.120 e. The van der Waals surface area contributed by atoms with Gasteiger partial charge in [-0.3, -0.25) is 0 Å². The van der Waals surface area contributed by atoms with Crippen LogP contribution < -0.4 is 0 Å². The summed E-state index contributed by atoms with van der Waals surface area (Å²) in [6, 6.07) is 0. The molecule has 1 nitrogen and oxygen atoms in total. The molecule has 0 aromatic heterocycles. The van der Waals surface area contributed by atoms with Crippen LogP contribution in [0.4, 0.5) is 0 Å². The molecule has 8 heavy (non-hydrogen) atoms. The second-order valence-electron chi connectivity index (χ2n) is 2.60. The van der Waals surface area contributed by atoms with Crippen molar-refractivity contribution in [3.05, 3.63) is 6.08 Å². The minimum absolute atomic E-state index is 0.0434. The van der Waals surface area contributed by atoms with Crippen LogP contribution >= 0.6 is 0 Å². The van der Waals surface area contributed by atoms with Gasteiger partial charge < -0.3 is 0 Å². The Morgan fingerprint density at radius 3 is 2.25 bits per heavy atom. The predicted octanol–water partition coefficient (Wildman–Crippen LogP) is 1.81. The van der Waals surface area contributed by atoms with Crippen LogP contribution in [0.25, 0.3) is 0 Å². The molecule has 0 atom stereocenters. The number of carbonyl (C=O) groups excluding carboxylic acids is 1. The Morgan fingerprint density at radius 2 is 2.12 bits per heavy atom. The lowest BCUT2D eigenvalue weighted by atomic mass is 9.91. The molecule has 0 spiro atoms. The number of rotatable bonds is 2. The van der Waals surface area contributed by atoms with Crippen molar-refractivity contribution in [1.82, 2.24) is 0 Å². The van der Waals surface area contributed by atoms with Gasteiger partial charge in [-0.15, -0.1) is 0 Å². The fourth-order valence-electron chi connectivity index (χ4n) is 0.262. The number of hydrogen-bond acceptors (Lipinski definition) is 1. The molecule has 0 N–H and O–H groups in total. The minimum Gasteiger partial charge on any atom is -0.234 e. The van der Waals surface area contributed by atoms with Crippen LogP contribution in [0.2, 0.25) is 0 Å². The highest BCUT2D eigenvalue weighted by Gasteiger charge is 2.09. The SMILES string of the molecule is CCC(C)(C)C=C=O. The van der Waals surface area contributed by atoms with E-state index >= 15 is 0 Å². The van der Waals surface area contributed by atoms with Gasteiger partial charge in [-0.05, 0) is 11.8 Å². The molecule has 0 aromatic carbocycles. The predicted molar refractivity (Wildman–Crippen MR) is 34.3 cm³/mol. The zero-order valence-corrected chi connectivity index (χ0v) is 5.69. The Kier molecular flexibility index (Phi) is 2.50. The third-order valence-corrected chi connectivity index (χ3v) is 1.36. The van der Waals surface area contributed by atoms with Gasteiger partial charge in [0, 0.05) is 6.08 Å². The van der Waals surface area contributed by atoms with Crippen molar-refractivity contribution in [2.24, 2.45) is 5.41 Å². The highest BCUT2D eigenvalue weighted by molar-refractivity contribution is 5.46. The second kappa shape index (κ2) is 2.68. The lowest BCUT2D eigenvalue weighted by molar-refractivity contribution is 0.461. The fraction of sp³-hybridized carbons (Fsp3) is 0.714. The third kappa shape index (κ3) is 2.59. The van der Waals surface area contributed by atoms with Gasteiger partial charge in [0.05, 0.1) is 0 Å². The van der Waals surface area contributed by atoms with Crippen molar-refractivity contribution in [1.29, 1.82) is 0 Å². The molecule has 0 heterocycles. The average Bonchev–Trinajstić information content (AvgIpc) is 1.67. The van der Waals surface area contributed by atoms with Crippen LogP contribution in [0.3, 0.4) is 0 Å². The summed E-state index contributed by atoms with van der Waals surface area (Å²) in [5, 5.41) is 0. The van der Waals surface area contributed by atoms with E-state index in [1.807, 2.05) is 20.8 Å². The quantitative estimate of drug-likeness (QED) is 0.498. The zero-order valence-electron chi connectivity index (χ0n) is 5.69. The molecule has 0 aliphatic carbocycles. The standard InChI is InChI=1S/C7H12O/c1-4-7(2,3)5-6-8/h5H,4H2,1-3H3. The van der Waals surface area contributed by atoms with Crippen LogP contribution in [0, 0.1) is 5.41 Å². The summed E-state index contributed by atoms with van der Waals surface area (Å²) < 4.78 is 0. The Hall–Kier alpha value is -0.550. The first kappa shape index (κ1) is 7.45. The van der Waals surface area contributed by atoms with E-state index in [-0.39, 0.29) is 5.41 Å². The second-order valence-corrected chi connectivity index (χ2v) is 2.60. The third-order valence-electron chi connectivity index (χ3n) is 1.36. The molecular weight excluding hydrogens is 100 g/mol. The van der Waals surface area contributed by atoms with Crippen LogP contribution in [0.5, 0.6) is 0 Å². The lowest BCUT2D eigenvalue weighted by Crippen LogP contribution is -2.04. The number of allylic oxidation sites excluding steroid dienone is 1. The van der Waals surface area contributed by atoms with Gasteiger partial charge in [0.15, 0.2) is 0 Å². The Labute approximate surface area is 50.4 Å². The molecule has 0 fully saturated rings. The highest BCUT2D eigenvalue weighted by Crippen LogP contribution is 2.18. The molecule has 0 bridgehead atoms. The molecule has 0 rings (SSSR count). The Balaban J connectivity index is 3.90. The zero-order chi connectivity index (χ0) is 6.62. The average molecular weight is 112 g/mol. The summed E-state index contributed by atoms with van der Waals surface area (Å²) in [6.07, 6.45) is 2.55. The lowest BCUT2D eigenvalue weighted by Gasteiger charge is -2.13. The molecule has 0 amide bonds. The molecule has 0 saturated carbocycles. The van der Waals surface area contributed by atoms with E-state index < -0.39 is 0 Å². The van der Waals surface area contributed by atoms with E-state index in [9.17, 15) is 4.79 Å². The van der Waals surface area contributed by atoms with E-state index in [1.54, 1.807) is 12.0 Å². The first-order valence-electron chi connectivity index (χ1n) is 2.84. The Morgan fingerprint density at radius 1 is 1.62 bits per heavy atom. The van der Waals surface area contributed by atoms with E-state index in [2.05, 4.69) is 0 Å². The molecule has 0 aromatic rings. The first-order chi connectivity index (χ1) is 3.62. The Bertz CT molecular complexity index is 108. The minimum atomic E-state index is 0.0434. The maximum atomic E-state index is 9.80. The molecular formula is C7H12O. The van der Waals surface area contributed by atoms with Crippen molar-refractivity contribution < 1.29 is 4.79 Å². The summed E-state index contributed by atoms with van der Waals surface area (Å²) in [5.41, 5.74) is 0.0434. The molecule has 0 radical (unpaired) electrons. The van der Waals surface area contributed by atoms with Crippen molar-refractivity contribution in [2.45, 2.75) is 27.2 Å². The van der Waals surface area contributed by atoms with Gasteiger partial charge >= 0.3 is 0 Å². The van der Waals surface area contributed by atoms with Gasteiger partial charge in [-0.1, -0.05) is 20.8 Å². The van der Waals surface area contributed by atoms with Crippen LogP contribution in [0.15, 0.2) is 6.08 Å². The van der Waals surface area contributed by atoms with Crippen LogP contribution in [-0.4, -0.2) is 5.94 Å². The van der Waals surface area contributed by atoms with Crippen molar-refractivity contribution >= 4 is 5.94 Å². The normalized spacial score (nSPS) is 10.4. The van der Waals surface area contributed by atoms with Gasteiger partial charge in [0.2, 0.25) is 0 Å². The van der Waals surface area contributed by atoms with E-state index in [0.29, 0.717) is 0 Å². The van der Waals surface area contributed by atoms with Crippen molar-refractivity contribution in [3.63, 3.8) is 0 Å². The first-order valence-corrected chi connectivity index (χ1v) is 2.84. The summed E-state index contributed by atoms with van der Waals surface area (Å²) >= 11 is 0. The van der Waals surface area contributed by atoms with Crippen molar-refractivity contribution in [3.8, 4) is 0 Å². The monoisotopic (exact) mass is 112 g/mol. The molecule has 46 valence electrons. The molecule has 0 aliphatic heterocycles. The summed E-state index contributed by atoms with van der Waals surface area (Å²) in [7, 11) is 0. The van der Waals surface area contributed by atoms with E-state index in [4.69, 9.17) is 0 Å². The summed E-state index contributed by atoms with van der Waals surface area (Å²) in [6.45, 7) is 6.07. The van der Waals surface area contributed by atoms with Gasteiger partial charge in [-0.2, -0.15) is 0 Å². The number of hydrogen-bond donors (Lipinski definition) is 0.